The minimum absolute atomic E-state index is 0.123. The van der Waals surface area contributed by atoms with Gasteiger partial charge in [0.05, 0.1) is 29.7 Å². The second-order valence-electron chi connectivity index (χ2n) is 6.09. The van der Waals surface area contributed by atoms with E-state index >= 15 is 0 Å². The van der Waals surface area contributed by atoms with Crippen LogP contribution in [0.25, 0.3) is 5.69 Å². The van der Waals surface area contributed by atoms with Crippen molar-refractivity contribution in [1.29, 1.82) is 0 Å². The first kappa shape index (κ1) is 16.1. The fraction of sp³-hybridized carbons (Fsp3) is 0.222. The standard InChI is InChI=1S/C18H17N5O3/c19-17-13(11-20-23(17)12-5-2-1-3-6-12)16(24)14-7-4-10-22(14)18(25)15-8-9-21-26-15/h1-3,5-6,8-9,11,14H,4,7,10,19H2. The molecular formula is C18H17N5O3. The molecule has 132 valence electrons. The number of nitrogens with two attached hydrogens (primary N) is 1. The van der Waals surface area contributed by atoms with E-state index in [-0.39, 0.29) is 23.3 Å². The van der Waals surface area contributed by atoms with Crippen molar-refractivity contribution in [2.75, 3.05) is 12.3 Å². The normalized spacial score (nSPS) is 16.8. The molecule has 1 saturated heterocycles. The molecule has 8 heteroatoms. The highest BCUT2D eigenvalue weighted by Crippen LogP contribution is 2.26. The lowest BCUT2D eigenvalue weighted by Crippen LogP contribution is -2.40. The topological polar surface area (TPSA) is 107 Å². The minimum Gasteiger partial charge on any atom is -0.383 e. The molecule has 1 fully saturated rings. The van der Waals surface area contributed by atoms with Crippen molar-refractivity contribution in [3.05, 3.63) is 60.1 Å². The number of hydrogen-bond donors (Lipinski definition) is 1. The molecule has 2 N–H and O–H groups in total. The molecule has 4 rings (SSSR count). The monoisotopic (exact) mass is 351 g/mol. The third kappa shape index (κ3) is 2.65. The van der Waals surface area contributed by atoms with Gasteiger partial charge in [-0.15, -0.1) is 0 Å². The van der Waals surface area contributed by atoms with Gasteiger partial charge in [-0.25, -0.2) is 4.68 Å². The van der Waals surface area contributed by atoms with Crippen LogP contribution in [0.3, 0.4) is 0 Å². The van der Waals surface area contributed by atoms with Crippen molar-refractivity contribution in [3.8, 4) is 5.69 Å². The van der Waals surface area contributed by atoms with Crippen molar-refractivity contribution >= 4 is 17.5 Å². The number of benzene rings is 1. The zero-order valence-corrected chi connectivity index (χ0v) is 13.9. The largest absolute Gasteiger partial charge is 0.383 e. The number of aromatic nitrogens is 3. The Labute approximate surface area is 149 Å². The molecule has 3 heterocycles. The van der Waals surface area contributed by atoms with Crippen molar-refractivity contribution in [2.24, 2.45) is 0 Å². The van der Waals surface area contributed by atoms with Crippen LogP contribution in [0, 0.1) is 0 Å². The van der Waals surface area contributed by atoms with Crippen LogP contribution in [0.15, 0.2) is 53.3 Å². The fourth-order valence-electron chi connectivity index (χ4n) is 3.25. The average molecular weight is 351 g/mol. The van der Waals surface area contributed by atoms with E-state index in [1.807, 2.05) is 30.3 Å². The predicted octanol–water partition coefficient (Wildman–Crippen LogP) is 1.93. The SMILES string of the molecule is Nc1c(C(=O)C2CCCN2C(=O)c2ccno2)cnn1-c1ccccc1. The summed E-state index contributed by atoms with van der Waals surface area (Å²) < 4.78 is 6.45. The van der Waals surface area contributed by atoms with Crippen LogP contribution in [-0.4, -0.2) is 44.1 Å². The van der Waals surface area contributed by atoms with Gasteiger partial charge >= 0.3 is 0 Å². The molecule has 0 radical (unpaired) electrons. The van der Waals surface area contributed by atoms with Gasteiger partial charge in [0.15, 0.2) is 5.78 Å². The van der Waals surface area contributed by atoms with Gasteiger partial charge < -0.3 is 15.2 Å². The summed E-state index contributed by atoms with van der Waals surface area (Å²) >= 11 is 0. The highest BCUT2D eigenvalue weighted by Gasteiger charge is 2.37. The van der Waals surface area contributed by atoms with Gasteiger partial charge in [-0.1, -0.05) is 23.4 Å². The maximum atomic E-state index is 13.0. The Bertz CT molecular complexity index is 933. The Morgan fingerprint density at radius 3 is 2.73 bits per heavy atom. The van der Waals surface area contributed by atoms with E-state index in [2.05, 4.69) is 10.3 Å². The number of ketones is 1. The summed E-state index contributed by atoms with van der Waals surface area (Å²) in [5.41, 5.74) is 7.25. The van der Waals surface area contributed by atoms with E-state index in [1.165, 1.54) is 28.0 Å². The predicted molar refractivity (Wildman–Crippen MR) is 92.9 cm³/mol. The summed E-state index contributed by atoms with van der Waals surface area (Å²) in [5, 5.41) is 7.79. The van der Waals surface area contributed by atoms with Crippen LogP contribution < -0.4 is 5.73 Å². The van der Waals surface area contributed by atoms with Gasteiger partial charge in [-0.2, -0.15) is 5.10 Å². The molecular weight excluding hydrogens is 334 g/mol. The van der Waals surface area contributed by atoms with Crippen LogP contribution >= 0.6 is 0 Å². The Morgan fingerprint density at radius 2 is 2.00 bits per heavy atom. The van der Waals surface area contributed by atoms with Gasteiger partial charge in [-0.05, 0) is 25.0 Å². The van der Waals surface area contributed by atoms with Crippen LogP contribution in [-0.2, 0) is 0 Å². The maximum absolute atomic E-state index is 13.0. The number of hydrogen-bond acceptors (Lipinski definition) is 6. The average Bonchev–Trinajstić information content (AvgIpc) is 3.42. The van der Waals surface area contributed by atoms with Crippen molar-refractivity contribution in [3.63, 3.8) is 0 Å². The molecule has 1 atom stereocenters. The molecule has 3 aromatic rings. The van der Waals surface area contributed by atoms with Gasteiger partial charge in [-0.3, -0.25) is 9.59 Å². The number of nitrogen functional groups attached to an aromatic ring is 1. The lowest BCUT2D eigenvalue weighted by Gasteiger charge is -2.22. The maximum Gasteiger partial charge on any atom is 0.293 e. The Balaban J connectivity index is 1.61. The Hall–Kier alpha value is -3.42. The molecule has 1 aromatic carbocycles. The second-order valence-corrected chi connectivity index (χ2v) is 6.09. The highest BCUT2D eigenvalue weighted by molar-refractivity contribution is 6.06. The summed E-state index contributed by atoms with van der Waals surface area (Å²) in [5.74, 6) is -0.166. The number of amides is 1. The lowest BCUT2D eigenvalue weighted by atomic mass is 10.0. The Kier molecular flexibility index (Phi) is 4.00. The van der Waals surface area contributed by atoms with Gasteiger partial charge in [0.2, 0.25) is 5.76 Å². The quantitative estimate of drug-likeness (QED) is 0.720. The van der Waals surface area contributed by atoms with Crippen LogP contribution in [0.5, 0.6) is 0 Å². The number of para-hydroxylation sites is 1. The second kappa shape index (κ2) is 6.47. The van der Waals surface area contributed by atoms with Crippen molar-refractivity contribution in [1.82, 2.24) is 19.8 Å². The number of likely N-dealkylation sites (tertiary alicyclic amines) is 1. The highest BCUT2D eigenvalue weighted by atomic mass is 16.5. The van der Waals surface area contributed by atoms with Gasteiger partial charge in [0, 0.05) is 12.6 Å². The molecule has 0 aliphatic carbocycles. The molecule has 8 nitrogen and oxygen atoms in total. The minimum atomic E-state index is -0.580. The summed E-state index contributed by atoms with van der Waals surface area (Å²) in [6.45, 7) is 0.489. The number of rotatable bonds is 4. The molecule has 0 bridgehead atoms. The van der Waals surface area contributed by atoms with E-state index in [4.69, 9.17) is 10.3 Å². The van der Waals surface area contributed by atoms with Crippen LogP contribution in [0.4, 0.5) is 5.82 Å². The summed E-state index contributed by atoms with van der Waals surface area (Å²) in [7, 11) is 0. The van der Waals surface area contributed by atoms with Gasteiger partial charge in [0.1, 0.15) is 5.82 Å². The van der Waals surface area contributed by atoms with Crippen molar-refractivity contribution < 1.29 is 14.1 Å². The number of carbonyl (C=O) groups excluding carboxylic acids is 2. The van der Waals surface area contributed by atoms with E-state index < -0.39 is 6.04 Å². The number of carbonyl (C=O) groups is 2. The molecule has 1 unspecified atom stereocenters. The van der Waals surface area contributed by atoms with Crippen LogP contribution in [0.2, 0.25) is 0 Å². The summed E-state index contributed by atoms with van der Waals surface area (Å²) in [6.07, 6.45) is 4.18. The number of nitrogens with zero attached hydrogens (tertiary/aromatic N) is 4. The molecule has 1 aliphatic heterocycles. The molecule has 1 aliphatic rings. The smallest absolute Gasteiger partial charge is 0.293 e. The lowest BCUT2D eigenvalue weighted by molar-refractivity contribution is 0.0640. The van der Waals surface area contributed by atoms with Crippen molar-refractivity contribution in [2.45, 2.75) is 18.9 Å². The van der Waals surface area contributed by atoms with E-state index in [0.717, 1.165) is 12.1 Å². The van der Waals surface area contributed by atoms with E-state index in [0.29, 0.717) is 18.5 Å². The first-order chi connectivity index (χ1) is 12.7. The fourth-order valence-corrected chi connectivity index (χ4v) is 3.25. The van der Waals surface area contributed by atoms with E-state index in [1.54, 1.807) is 0 Å². The first-order valence-corrected chi connectivity index (χ1v) is 8.31. The molecule has 0 spiro atoms. The zero-order chi connectivity index (χ0) is 18.1. The third-order valence-corrected chi connectivity index (χ3v) is 4.54. The molecule has 26 heavy (non-hydrogen) atoms. The summed E-state index contributed by atoms with van der Waals surface area (Å²) in [6, 6.07) is 10.2. The summed E-state index contributed by atoms with van der Waals surface area (Å²) in [4.78, 5) is 27.1. The van der Waals surface area contributed by atoms with Crippen LogP contribution in [0.1, 0.15) is 33.8 Å². The number of anilines is 1. The first-order valence-electron chi connectivity index (χ1n) is 8.31. The zero-order valence-electron chi connectivity index (χ0n) is 13.9. The third-order valence-electron chi connectivity index (χ3n) is 4.54. The molecule has 1 amide bonds. The Morgan fingerprint density at radius 1 is 1.19 bits per heavy atom. The number of Topliss-reactive ketones (excluding diaryl/α,β-unsaturated/α-hetero) is 1. The van der Waals surface area contributed by atoms with E-state index in [9.17, 15) is 9.59 Å². The van der Waals surface area contributed by atoms with Gasteiger partial charge in [0.25, 0.3) is 5.91 Å². The molecule has 2 aromatic heterocycles. The molecule has 0 saturated carbocycles.